The number of halogens is 1. The minimum atomic E-state index is -1.07. The average Bonchev–Trinajstić information content (AvgIpc) is 2.81. The van der Waals surface area contributed by atoms with E-state index in [0.29, 0.717) is 22.0 Å². The third-order valence-electron chi connectivity index (χ3n) is 4.92. The van der Waals surface area contributed by atoms with Crippen LogP contribution in [0, 0.1) is 0 Å². The Kier molecular flexibility index (Phi) is 6.44. The van der Waals surface area contributed by atoms with E-state index < -0.39 is 6.10 Å². The Labute approximate surface area is 190 Å². The molecular weight excluding hydrogens is 424 g/mol. The Morgan fingerprint density at radius 3 is 2.38 bits per heavy atom. The van der Waals surface area contributed by atoms with E-state index in [1.807, 2.05) is 30.3 Å². The number of benzene rings is 3. The van der Waals surface area contributed by atoms with E-state index in [0.717, 1.165) is 11.1 Å². The number of aliphatic hydroxyl groups is 1. The number of nitrogen functional groups attached to an aromatic ring is 1. The Bertz CT molecular complexity index is 1210. The Hall–Kier alpha value is -3.74. The maximum Gasteiger partial charge on any atom is 0.229 e. The second-order valence-electron chi connectivity index (χ2n) is 7.28. The lowest BCUT2D eigenvalue weighted by atomic mass is 10.1. The van der Waals surface area contributed by atoms with E-state index in [1.54, 1.807) is 54.7 Å². The van der Waals surface area contributed by atoms with Gasteiger partial charge in [-0.05, 0) is 35.4 Å². The molecule has 0 radical (unpaired) electrons. The van der Waals surface area contributed by atoms with Crippen molar-refractivity contribution >= 4 is 29.0 Å². The molecule has 1 amide bonds. The average molecular weight is 445 g/mol. The lowest BCUT2D eigenvalue weighted by molar-refractivity contribution is -0.115. The van der Waals surface area contributed by atoms with Crippen molar-refractivity contribution in [2.24, 2.45) is 0 Å². The molecule has 32 heavy (non-hydrogen) atoms. The van der Waals surface area contributed by atoms with Gasteiger partial charge in [0.15, 0.2) is 5.82 Å². The zero-order valence-corrected chi connectivity index (χ0v) is 17.8. The van der Waals surface area contributed by atoms with Gasteiger partial charge in [-0.15, -0.1) is 0 Å². The molecule has 0 aliphatic heterocycles. The van der Waals surface area contributed by atoms with Crippen LogP contribution in [-0.2, 0) is 11.2 Å². The maximum atomic E-state index is 12.7. The molecule has 1 heterocycles. The molecule has 0 aliphatic rings. The standard InChI is InChI=1S/C25H21ClN4O2/c26-19-10-6-16(7-11-19)14-22(31)30-25-23(24(32)18-4-2-1-3-5-18)29-21(15-28-25)17-8-12-20(27)13-9-17/h1-13,15,24,32H,14,27H2,(H,28,30,31). The highest BCUT2D eigenvalue weighted by Gasteiger charge is 2.20. The van der Waals surface area contributed by atoms with Crippen molar-refractivity contribution in [1.82, 2.24) is 9.97 Å². The highest BCUT2D eigenvalue weighted by Crippen LogP contribution is 2.28. The molecule has 3 aromatic carbocycles. The van der Waals surface area contributed by atoms with Crippen LogP contribution < -0.4 is 11.1 Å². The second kappa shape index (κ2) is 9.60. The van der Waals surface area contributed by atoms with Crippen LogP contribution in [0.2, 0.25) is 5.02 Å². The summed E-state index contributed by atoms with van der Waals surface area (Å²) in [6, 6.07) is 23.3. The first-order valence-corrected chi connectivity index (χ1v) is 10.4. The quantitative estimate of drug-likeness (QED) is 0.376. The summed E-state index contributed by atoms with van der Waals surface area (Å²) >= 11 is 5.91. The zero-order valence-electron chi connectivity index (χ0n) is 17.1. The number of nitrogens with zero attached hydrogens (tertiary/aromatic N) is 2. The lowest BCUT2D eigenvalue weighted by Gasteiger charge is -2.16. The summed E-state index contributed by atoms with van der Waals surface area (Å²) < 4.78 is 0. The van der Waals surface area contributed by atoms with Crippen LogP contribution in [-0.4, -0.2) is 21.0 Å². The summed E-state index contributed by atoms with van der Waals surface area (Å²) in [4.78, 5) is 21.7. The van der Waals surface area contributed by atoms with Crippen molar-refractivity contribution in [2.75, 3.05) is 11.1 Å². The third-order valence-corrected chi connectivity index (χ3v) is 5.17. The van der Waals surface area contributed by atoms with Crippen LogP contribution in [0.4, 0.5) is 11.5 Å². The van der Waals surface area contributed by atoms with E-state index in [-0.39, 0.29) is 23.8 Å². The van der Waals surface area contributed by atoms with Gasteiger partial charge in [0.05, 0.1) is 18.3 Å². The van der Waals surface area contributed by atoms with Crippen molar-refractivity contribution in [1.29, 1.82) is 0 Å². The van der Waals surface area contributed by atoms with Gasteiger partial charge in [-0.3, -0.25) is 4.79 Å². The van der Waals surface area contributed by atoms with Crippen molar-refractivity contribution < 1.29 is 9.90 Å². The van der Waals surface area contributed by atoms with Crippen molar-refractivity contribution in [3.05, 3.63) is 107 Å². The Morgan fingerprint density at radius 1 is 1.00 bits per heavy atom. The molecule has 4 aromatic rings. The fourth-order valence-electron chi connectivity index (χ4n) is 3.24. The minimum absolute atomic E-state index is 0.138. The van der Waals surface area contributed by atoms with E-state index in [4.69, 9.17) is 17.3 Å². The van der Waals surface area contributed by atoms with Crippen molar-refractivity contribution in [3.63, 3.8) is 0 Å². The summed E-state index contributed by atoms with van der Waals surface area (Å²) in [7, 11) is 0. The van der Waals surface area contributed by atoms with Crippen LogP contribution >= 0.6 is 11.6 Å². The van der Waals surface area contributed by atoms with Crippen LogP contribution in [0.3, 0.4) is 0 Å². The highest BCUT2D eigenvalue weighted by atomic mass is 35.5. The van der Waals surface area contributed by atoms with Crippen LogP contribution in [0.25, 0.3) is 11.3 Å². The molecule has 1 aromatic heterocycles. The normalized spacial score (nSPS) is 11.7. The zero-order chi connectivity index (χ0) is 22.5. The van der Waals surface area contributed by atoms with Gasteiger partial charge < -0.3 is 16.2 Å². The largest absolute Gasteiger partial charge is 0.399 e. The number of anilines is 2. The number of hydrogen-bond acceptors (Lipinski definition) is 5. The van der Waals surface area contributed by atoms with E-state index in [9.17, 15) is 9.90 Å². The summed E-state index contributed by atoms with van der Waals surface area (Å²) in [6.45, 7) is 0. The number of aromatic nitrogens is 2. The first kappa shape index (κ1) is 21.5. The monoisotopic (exact) mass is 444 g/mol. The molecule has 0 fully saturated rings. The van der Waals surface area contributed by atoms with Crippen LogP contribution in [0.1, 0.15) is 22.9 Å². The van der Waals surface area contributed by atoms with Gasteiger partial charge in [0, 0.05) is 16.3 Å². The number of hydrogen-bond donors (Lipinski definition) is 3. The topological polar surface area (TPSA) is 101 Å². The molecule has 4 rings (SSSR count). The highest BCUT2D eigenvalue weighted by molar-refractivity contribution is 6.30. The predicted octanol–water partition coefficient (Wildman–Crippen LogP) is 4.64. The first-order chi connectivity index (χ1) is 15.5. The molecular formula is C25H21ClN4O2. The number of rotatable bonds is 6. The fraction of sp³-hybridized carbons (Fsp3) is 0.0800. The van der Waals surface area contributed by atoms with Crippen molar-refractivity contribution in [3.8, 4) is 11.3 Å². The summed E-state index contributed by atoms with van der Waals surface area (Å²) in [5, 5.41) is 14.4. The Morgan fingerprint density at radius 2 is 1.69 bits per heavy atom. The van der Waals surface area contributed by atoms with Gasteiger partial charge >= 0.3 is 0 Å². The SMILES string of the molecule is Nc1ccc(-c2cnc(NC(=O)Cc3ccc(Cl)cc3)c(C(O)c3ccccc3)n2)cc1. The van der Waals surface area contributed by atoms with Gasteiger partial charge in [0.2, 0.25) is 5.91 Å². The number of amides is 1. The van der Waals surface area contributed by atoms with E-state index >= 15 is 0 Å². The molecule has 7 heteroatoms. The molecule has 160 valence electrons. The first-order valence-electron chi connectivity index (χ1n) is 10.00. The number of nitrogens with two attached hydrogens (primary N) is 1. The predicted molar refractivity (Wildman–Crippen MR) is 126 cm³/mol. The molecule has 0 spiro atoms. The number of aliphatic hydroxyl groups excluding tert-OH is 1. The molecule has 0 saturated heterocycles. The summed E-state index contributed by atoms with van der Waals surface area (Å²) in [6.07, 6.45) is 0.632. The molecule has 4 N–H and O–H groups in total. The summed E-state index contributed by atoms with van der Waals surface area (Å²) in [5.41, 5.74) is 9.49. The Balaban J connectivity index is 1.66. The maximum absolute atomic E-state index is 12.7. The van der Waals surface area contributed by atoms with Gasteiger partial charge in [0.25, 0.3) is 0 Å². The second-order valence-corrected chi connectivity index (χ2v) is 7.71. The van der Waals surface area contributed by atoms with Crippen molar-refractivity contribution in [2.45, 2.75) is 12.5 Å². The lowest BCUT2D eigenvalue weighted by Crippen LogP contribution is -2.19. The number of carbonyl (C=O) groups excluding carboxylic acids is 1. The van der Waals surface area contributed by atoms with Crippen LogP contribution in [0.15, 0.2) is 85.1 Å². The molecule has 0 bridgehead atoms. The minimum Gasteiger partial charge on any atom is -0.399 e. The van der Waals surface area contributed by atoms with Gasteiger partial charge in [0.1, 0.15) is 11.8 Å². The number of carbonyl (C=O) groups is 1. The smallest absolute Gasteiger partial charge is 0.229 e. The van der Waals surface area contributed by atoms with Gasteiger partial charge in [-0.2, -0.15) is 0 Å². The van der Waals surface area contributed by atoms with Crippen LogP contribution in [0.5, 0.6) is 0 Å². The molecule has 0 aliphatic carbocycles. The van der Waals surface area contributed by atoms with E-state index in [2.05, 4.69) is 15.3 Å². The third kappa shape index (κ3) is 5.11. The molecule has 1 unspecified atom stereocenters. The molecule has 6 nitrogen and oxygen atoms in total. The van der Waals surface area contributed by atoms with Gasteiger partial charge in [-0.1, -0.05) is 66.2 Å². The number of nitrogens with one attached hydrogen (secondary N) is 1. The summed E-state index contributed by atoms with van der Waals surface area (Å²) in [5.74, 6) is -0.0668. The fourth-order valence-corrected chi connectivity index (χ4v) is 3.37. The molecule has 0 saturated carbocycles. The molecule has 1 atom stereocenters. The van der Waals surface area contributed by atoms with Gasteiger partial charge in [-0.25, -0.2) is 9.97 Å². The van der Waals surface area contributed by atoms with E-state index in [1.165, 1.54) is 0 Å².